The van der Waals surface area contributed by atoms with Crippen molar-refractivity contribution >= 4 is 17.5 Å². The van der Waals surface area contributed by atoms with Gasteiger partial charge in [0.15, 0.2) is 0 Å². The summed E-state index contributed by atoms with van der Waals surface area (Å²) in [7, 11) is 0. The maximum absolute atomic E-state index is 14.1. The lowest BCUT2D eigenvalue weighted by molar-refractivity contribution is -0.123. The van der Waals surface area contributed by atoms with Crippen LogP contribution < -0.4 is 5.32 Å². The smallest absolute Gasteiger partial charge is 0.256 e. The predicted octanol–water partition coefficient (Wildman–Crippen LogP) is 3.04. The largest absolute Gasteiger partial charge is 0.389 e. The minimum absolute atomic E-state index is 0.0837. The second-order valence-corrected chi connectivity index (χ2v) is 7.53. The number of benzene rings is 1. The molecule has 0 fully saturated rings. The third-order valence-electron chi connectivity index (χ3n) is 3.38. The summed E-state index contributed by atoms with van der Waals surface area (Å²) in [6.45, 7) is 10.6. The van der Waals surface area contributed by atoms with Crippen LogP contribution in [0, 0.1) is 11.2 Å². The number of anilines is 1. The van der Waals surface area contributed by atoms with Crippen LogP contribution in [0.2, 0.25) is 0 Å². The number of aliphatic hydroxyl groups is 1. The molecule has 0 spiro atoms. The molecule has 2 N–H and O–H groups in total. The number of likely N-dealkylation sites (N-methyl/N-ethyl adjacent to an activating group) is 1. The highest BCUT2D eigenvalue weighted by atomic mass is 19.1. The molecule has 0 atom stereocenters. The summed E-state index contributed by atoms with van der Waals surface area (Å²) in [4.78, 5) is 26.0. The third-order valence-corrected chi connectivity index (χ3v) is 3.38. The van der Waals surface area contributed by atoms with Gasteiger partial charge in [0, 0.05) is 24.2 Å². The summed E-state index contributed by atoms with van der Waals surface area (Å²) in [5.74, 6) is -1.41. The van der Waals surface area contributed by atoms with Crippen LogP contribution in [0.25, 0.3) is 0 Å². The highest BCUT2D eigenvalue weighted by molar-refractivity contribution is 5.98. The molecule has 0 radical (unpaired) electrons. The summed E-state index contributed by atoms with van der Waals surface area (Å²) in [6.07, 6.45) is 0. The number of amides is 2. The van der Waals surface area contributed by atoms with Crippen LogP contribution >= 0.6 is 0 Å². The standard InChI is InChI=1S/C18H27FN2O3/c1-7-21(11-18(5,6)24)15(22)13-10-12(8-9-14(13)19)20-16(23)17(2,3)4/h8-10,24H,7,11H2,1-6H3,(H,20,23). The summed E-state index contributed by atoms with van der Waals surface area (Å²) in [5, 5.41) is 12.6. The SMILES string of the molecule is CCN(CC(C)(C)O)C(=O)c1cc(NC(=O)C(C)(C)C)ccc1F. The molecular formula is C18H27FN2O3. The molecule has 0 unspecified atom stereocenters. The van der Waals surface area contributed by atoms with Gasteiger partial charge in [-0.15, -0.1) is 0 Å². The average molecular weight is 338 g/mol. The molecule has 0 bridgehead atoms. The van der Waals surface area contributed by atoms with Crippen molar-refractivity contribution < 1.29 is 19.1 Å². The van der Waals surface area contributed by atoms with Gasteiger partial charge in [-0.25, -0.2) is 4.39 Å². The van der Waals surface area contributed by atoms with E-state index >= 15 is 0 Å². The lowest BCUT2D eigenvalue weighted by Crippen LogP contribution is -2.42. The van der Waals surface area contributed by atoms with E-state index in [2.05, 4.69) is 5.32 Å². The molecule has 0 aliphatic heterocycles. The monoisotopic (exact) mass is 338 g/mol. The number of hydrogen-bond acceptors (Lipinski definition) is 3. The number of hydrogen-bond donors (Lipinski definition) is 2. The second kappa shape index (κ2) is 7.30. The molecule has 0 heterocycles. The van der Waals surface area contributed by atoms with Gasteiger partial charge in [-0.1, -0.05) is 20.8 Å². The van der Waals surface area contributed by atoms with Gasteiger partial charge in [-0.3, -0.25) is 9.59 Å². The minimum atomic E-state index is -1.08. The molecule has 1 aromatic carbocycles. The Hall–Kier alpha value is -1.95. The quantitative estimate of drug-likeness (QED) is 0.867. The van der Waals surface area contributed by atoms with E-state index in [-0.39, 0.29) is 18.0 Å². The zero-order chi connectivity index (χ0) is 18.7. The maximum Gasteiger partial charge on any atom is 0.256 e. The van der Waals surface area contributed by atoms with Gasteiger partial charge in [-0.05, 0) is 39.0 Å². The first-order valence-corrected chi connectivity index (χ1v) is 7.98. The fourth-order valence-corrected chi connectivity index (χ4v) is 2.05. The Morgan fingerprint density at radius 1 is 1.21 bits per heavy atom. The fourth-order valence-electron chi connectivity index (χ4n) is 2.05. The molecule has 0 aliphatic carbocycles. The molecule has 0 aliphatic rings. The number of carbonyl (C=O) groups is 2. The zero-order valence-electron chi connectivity index (χ0n) is 15.2. The molecule has 0 aromatic heterocycles. The van der Waals surface area contributed by atoms with Crippen LogP contribution in [-0.2, 0) is 4.79 Å². The molecule has 2 amide bonds. The van der Waals surface area contributed by atoms with Gasteiger partial charge < -0.3 is 15.3 Å². The van der Waals surface area contributed by atoms with Gasteiger partial charge in [0.1, 0.15) is 5.82 Å². The van der Waals surface area contributed by atoms with Crippen molar-refractivity contribution in [1.82, 2.24) is 4.90 Å². The number of halogens is 1. The van der Waals surface area contributed by atoms with Crippen LogP contribution in [0.3, 0.4) is 0 Å². The summed E-state index contributed by atoms with van der Waals surface area (Å²) < 4.78 is 14.1. The van der Waals surface area contributed by atoms with E-state index < -0.39 is 22.7 Å². The topological polar surface area (TPSA) is 69.6 Å². The Balaban J connectivity index is 3.08. The van der Waals surface area contributed by atoms with E-state index in [1.165, 1.54) is 17.0 Å². The van der Waals surface area contributed by atoms with Crippen molar-refractivity contribution in [2.75, 3.05) is 18.4 Å². The number of carbonyl (C=O) groups excluding carboxylic acids is 2. The van der Waals surface area contributed by atoms with Crippen LogP contribution in [0.5, 0.6) is 0 Å². The Morgan fingerprint density at radius 3 is 2.25 bits per heavy atom. The fraction of sp³-hybridized carbons (Fsp3) is 0.556. The zero-order valence-corrected chi connectivity index (χ0v) is 15.2. The molecule has 6 heteroatoms. The van der Waals surface area contributed by atoms with Crippen molar-refractivity contribution in [3.8, 4) is 0 Å². The van der Waals surface area contributed by atoms with Crippen molar-refractivity contribution in [3.63, 3.8) is 0 Å². The minimum Gasteiger partial charge on any atom is -0.389 e. The van der Waals surface area contributed by atoms with E-state index in [1.54, 1.807) is 41.5 Å². The van der Waals surface area contributed by atoms with Gasteiger partial charge >= 0.3 is 0 Å². The first-order valence-electron chi connectivity index (χ1n) is 7.98. The third kappa shape index (κ3) is 5.60. The molecule has 0 saturated heterocycles. The summed E-state index contributed by atoms with van der Waals surface area (Å²) >= 11 is 0. The van der Waals surface area contributed by atoms with Gasteiger partial charge in [-0.2, -0.15) is 0 Å². The Bertz CT molecular complexity index is 616. The average Bonchev–Trinajstić information content (AvgIpc) is 2.44. The summed E-state index contributed by atoms with van der Waals surface area (Å²) in [6, 6.07) is 3.90. The molecule has 5 nitrogen and oxygen atoms in total. The number of nitrogens with zero attached hydrogens (tertiary/aromatic N) is 1. The Morgan fingerprint density at radius 2 is 1.79 bits per heavy atom. The van der Waals surface area contributed by atoms with Crippen molar-refractivity contribution in [3.05, 3.63) is 29.6 Å². The van der Waals surface area contributed by atoms with Crippen LogP contribution in [0.15, 0.2) is 18.2 Å². The normalized spacial score (nSPS) is 12.0. The van der Waals surface area contributed by atoms with E-state index in [1.807, 2.05) is 0 Å². The van der Waals surface area contributed by atoms with Crippen molar-refractivity contribution in [1.29, 1.82) is 0 Å². The highest BCUT2D eigenvalue weighted by Crippen LogP contribution is 2.21. The highest BCUT2D eigenvalue weighted by Gasteiger charge is 2.25. The molecule has 24 heavy (non-hydrogen) atoms. The van der Waals surface area contributed by atoms with Crippen LogP contribution in [0.4, 0.5) is 10.1 Å². The first kappa shape index (κ1) is 20.1. The lowest BCUT2D eigenvalue weighted by atomic mass is 9.95. The lowest BCUT2D eigenvalue weighted by Gasteiger charge is -2.28. The molecule has 134 valence electrons. The van der Waals surface area contributed by atoms with E-state index in [4.69, 9.17) is 0 Å². The van der Waals surface area contributed by atoms with E-state index in [0.717, 1.165) is 6.07 Å². The molecule has 1 aromatic rings. The number of rotatable bonds is 5. The first-order chi connectivity index (χ1) is 10.8. The van der Waals surface area contributed by atoms with Crippen molar-refractivity contribution in [2.45, 2.75) is 47.1 Å². The predicted molar refractivity (Wildman–Crippen MR) is 92.4 cm³/mol. The molecular weight excluding hydrogens is 311 g/mol. The van der Waals surface area contributed by atoms with Gasteiger partial charge in [0.2, 0.25) is 5.91 Å². The molecule has 1 rings (SSSR count). The Labute approximate surface area is 142 Å². The Kier molecular flexibility index (Phi) is 6.11. The van der Waals surface area contributed by atoms with Crippen molar-refractivity contribution in [2.24, 2.45) is 5.41 Å². The number of nitrogens with one attached hydrogen (secondary N) is 1. The van der Waals surface area contributed by atoms with E-state index in [9.17, 15) is 19.1 Å². The molecule has 0 saturated carbocycles. The van der Waals surface area contributed by atoms with Crippen LogP contribution in [0.1, 0.15) is 51.9 Å². The van der Waals surface area contributed by atoms with Crippen LogP contribution in [-0.4, -0.2) is 40.5 Å². The summed E-state index contributed by atoms with van der Waals surface area (Å²) in [5.41, 5.74) is -1.46. The van der Waals surface area contributed by atoms with E-state index in [0.29, 0.717) is 12.2 Å². The van der Waals surface area contributed by atoms with Gasteiger partial charge in [0.05, 0.1) is 11.2 Å². The second-order valence-electron chi connectivity index (χ2n) is 7.53. The van der Waals surface area contributed by atoms with Gasteiger partial charge in [0.25, 0.3) is 5.91 Å². The maximum atomic E-state index is 14.1.